The molecule has 0 amide bonds. The molecular formula is C16H33IO2Si2. The van der Waals surface area contributed by atoms with Gasteiger partial charge in [-0.25, -0.2) is 0 Å². The second kappa shape index (κ2) is 5.94. The van der Waals surface area contributed by atoms with Crippen LogP contribution in [-0.2, 0) is 8.85 Å². The highest BCUT2D eigenvalue weighted by Crippen LogP contribution is 2.50. The summed E-state index contributed by atoms with van der Waals surface area (Å²) in [5.74, 6) is 1.17. The van der Waals surface area contributed by atoms with Crippen molar-refractivity contribution < 1.29 is 8.85 Å². The Bertz CT molecular complexity index is 417. The van der Waals surface area contributed by atoms with Crippen LogP contribution in [0.25, 0.3) is 0 Å². The van der Waals surface area contributed by atoms with Crippen LogP contribution in [0.3, 0.4) is 0 Å². The molecule has 1 aliphatic rings. The van der Waals surface area contributed by atoms with Crippen molar-refractivity contribution in [2.45, 2.75) is 77.0 Å². The van der Waals surface area contributed by atoms with Crippen LogP contribution in [-0.4, -0.2) is 26.7 Å². The third-order valence-corrected chi connectivity index (χ3v) is 7.73. The predicted molar refractivity (Wildman–Crippen MR) is 106 cm³/mol. The molecule has 5 heteroatoms. The summed E-state index contributed by atoms with van der Waals surface area (Å²) in [6, 6.07) is 0. The molecule has 124 valence electrons. The summed E-state index contributed by atoms with van der Waals surface area (Å²) in [5.41, 5.74) is 0.0251. The molecule has 21 heavy (non-hydrogen) atoms. The standard InChI is InChI=1S/C16H33IO2Si2/c1-15(2)11-12(18-20(5,6)7)16(3,4)13(17)14(15)19-21(8,9)10/h11,13-14H,1-10H3/t13-,14-/m0/s1. The van der Waals surface area contributed by atoms with Gasteiger partial charge in [0.05, 0.1) is 11.9 Å². The van der Waals surface area contributed by atoms with E-state index < -0.39 is 16.6 Å². The Morgan fingerprint density at radius 2 is 1.43 bits per heavy atom. The van der Waals surface area contributed by atoms with Crippen LogP contribution in [0.5, 0.6) is 0 Å². The molecule has 2 atom stereocenters. The van der Waals surface area contributed by atoms with Gasteiger partial charge < -0.3 is 8.85 Å². The van der Waals surface area contributed by atoms with E-state index >= 15 is 0 Å². The first-order valence-electron chi connectivity index (χ1n) is 7.80. The van der Waals surface area contributed by atoms with E-state index in [1.54, 1.807) is 0 Å². The molecule has 0 heterocycles. The summed E-state index contributed by atoms with van der Waals surface area (Å²) < 4.78 is 13.4. The van der Waals surface area contributed by atoms with Crippen LogP contribution in [0.2, 0.25) is 39.3 Å². The van der Waals surface area contributed by atoms with Gasteiger partial charge in [-0.15, -0.1) is 0 Å². The van der Waals surface area contributed by atoms with E-state index in [-0.39, 0.29) is 16.9 Å². The first-order valence-corrected chi connectivity index (χ1v) is 15.9. The molecule has 0 fully saturated rings. The number of hydrogen-bond acceptors (Lipinski definition) is 2. The average Bonchev–Trinajstić information content (AvgIpc) is 2.18. The fourth-order valence-corrected chi connectivity index (χ4v) is 6.42. The van der Waals surface area contributed by atoms with Crippen molar-refractivity contribution in [3.8, 4) is 0 Å². The lowest BCUT2D eigenvalue weighted by Crippen LogP contribution is -2.54. The van der Waals surface area contributed by atoms with Gasteiger partial charge in [0.15, 0.2) is 8.32 Å². The monoisotopic (exact) mass is 440 g/mol. The SMILES string of the molecule is CC1(C)C=C(O[Si](C)(C)C)C(C)(C)[C@@H](I)[C@@H]1O[Si](C)(C)C. The van der Waals surface area contributed by atoms with E-state index in [1.165, 1.54) is 5.76 Å². The van der Waals surface area contributed by atoms with Crippen LogP contribution in [0.15, 0.2) is 11.8 Å². The number of halogens is 1. The Labute approximate surface area is 147 Å². The van der Waals surface area contributed by atoms with Crippen molar-refractivity contribution in [3.05, 3.63) is 11.8 Å². The maximum Gasteiger partial charge on any atom is 0.241 e. The molecule has 0 saturated carbocycles. The molecule has 1 rings (SSSR count). The average molecular weight is 441 g/mol. The van der Waals surface area contributed by atoms with Crippen LogP contribution >= 0.6 is 22.6 Å². The second-order valence-electron chi connectivity index (χ2n) is 9.32. The van der Waals surface area contributed by atoms with Gasteiger partial charge in [-0.1, -0.05) is 50.3 Å². The van der Waals surface area contributed by atoms with Crippen LogP contribution < -0.4 is 0 Å². The van der Waals surface area contributed by atoms with Gasteiger partial charge in [0.1, 0.15) is 0 Å². The minimum atomic E-state index is -1.60. The van der Waals surface area contributed by atoms with E-state index in [4.69, 9.17) is 8.85 Å². The first kappa shape index (κ1) is 19.7. The van der Waals surface area contributed by atoms with E-state index in [1.807, 2.05) is 0 Å². The van der Waals surface area contributed by atoms with Crippen LogP contribution in [0.1, 0.15) is 27.7 Å². The number of alkyl halides is 1. The van der Waals surface area contributed by atoms with E-state index in [2.05, 4.69) is 95.6 Å². The summed E-state index contributed by atoms with van der Waals surface area (Å²) in [7, 11) is -3.17. The normalized spacial score (nSPS) is 29.0. The van der Waals surface area contributed by atoms with Crippen LogP contribution in [0, 0.1) is 10.8 Å². The topological polar surface area (TPSA) is 18.5 Å². The molecule has 0 aromatic carbocycles. The molecule has 0 aromatic heterocycles. The van der Waals surface area contributed by atoms with Crippen molar-refractivity contribution in [1.82, 2.24) is 0 Å². The molecule has 0 aromatic rings. The Morgan fingerprint density at radius 3 is 1.81 bits per heavy atom. The molecule has 0 radical (unpaired) electrons. The molecule has 0 unspecified atom stereocenters. The molecule has 2 nitrogen and oxygen atoms in total. The minimum absolute atomic E-state index is 0.0106. The van der Waals surface area contributed by atoms with Crippen molar-refractivity contribution in [2.24, 2.45) is 10.8 Å². The number of rotatable bonds is 4. The summed E-state index contributed by atoms with van der Waals surface area (Å²) in [5, 5.41) is 0. The second-order valence-corrected chi connectivity index (χ2v) is 19.5. The van der Waals surface area contributed by atoms with Gasteiger partial charge in [-0.3, -0.25) is 0 Å². The van der Waals surface area contributed by atoms with Gasteiger partial charge >= 0.3 is 0 Å². The first-order chi connectivity index (χ1) is 9.06. The smallest absolute Gasteiger partial charge is 0.241 e. The molecule has 0 saturated heterocycles. The highest BCUT2D eigenvalue weighted by molar-refractivity contribution is 14.1. The maximum absolute atomic E-state index is 6.56. The van der Waals surface area contributed by atoms with Crippen molar-refractivity contribution in [3.63, 3.8) is 0 Å². The summed E-state index contributed by atoms with van der Waals surface area (Å²) in [6.45, 7) is 22.7. The van der Waals surface area contributed by atoms with Gasteiger partial charge in [-0.05, 0) is 45.4 Å². The lowest BCUT2D eigenvalue weighted by molar-refractivity contribution is 0.0461. The maximum atomic E-state index is 6.56. The zero-order chi connectivity index (χ0) is 16.9. The molecule has 0 N–H and O–H groups in total. The van der Waals surface area contributed by atoms with Crippen molar-refractivity contribution >= 4 is 39.2 Å². The molecule has 0 spiro atoms. The molecular weight excluding hydrogens is 407 g/mol. The van der Waals surface area contributed by atoms with E-state index in [0.717, 1.165) is 0 Å². The molecule has 0 bridgehead atoms. The lowest BCUT2D eigenvalue weighted by Gasteiger charge is -2.51. The zero-order valence-corrected chi connectivity index (χ0v) is 19.6. The third kappa shape index (κ3) is 5.07. The third-order valence-electron chi connectivity index (χ3n) is 3.72. The highest BCUT2D eigenvalue weighted by atomic mass is 127. The molecule has 0 aliphatic heterocycles. The predicted octanol–water partition coefficient (Wildman–Crippen LogP) is 5.81. The van der Waals surface area contributed by atoms with Crippen LogP contribution in [0.4, 0.5) is 0 Å². The Balaban J connectivity index is 3.22. The van der Waals surface area contributed by atoms with Gasteiger partial charge in [-0.2, -0.15) is 0 Å². The van der Waals surface area contributed by atoms with Gasteiger partial charge in [0.2, 0.25) is 8.32 Å². The van der Waals surface area contributed by atoms with Crippen molar-refractivity contribution in [1.29, 1.82) is 0 Å². The Hall–Kier alpha value is 0.664. The largest absolute Gasteiger partial charge is 0.547 e. The Kier molecular flexibility index (Phi) is 5.58. The van der Waals surface area contributed by atoms with E-state index in [0.29, 0.717) is 3.92 Å². The Morgan fingerprint density at radius 1 is 0.952 bits per heavy atom. The molecule has 1 aliphatic carbocycles. The van der Waals surface area contributed by atoms with E-state index in [9.17, 15) is 0 Å². The number of hydrogen-bond donors (Lipinski definition) is 0. The summed E-state index contributed by atoms with van der Waals surface area (Å²) in [6.07, 6.45) is 2.58. The van der Waals surface area contributed by atoms with Gasteiger partial charge in [0, 0.05) is 14.8 Å². The minimum Gasteiger partial charge on any atom is -0.547 e. The zero-order valence-electron chi connectivity index (χ0n) is 15.4. The highest BCUT2D eigenvalue weighted by Gasteiger charge is 2.50. The fourth-order valence-electron chi connectivity index (χ4n) is 2.58. The summed E-state index contributed by atoms with van der Waals surface area (Å²) in [4.78, 5) is 0. The quantitative estimate of drug-likeness (QED) is 0.312. The summed E-state index contributed by atoms with van der Waals surface area (Å²) >= 11 is 2.59. The van der Waals surface area contributed by atoms with Crippen molar-refractivity contribution in [2.75, 3.05) is 0 Å². The lowest BCUT2D eigenvalue weighted by atomic mass is 9.69. The fraction of sp³-hybridized carbons (Fsp3) is 0.875. The van der Waals surface area contributed by atoms with Gasteiger partial charge in [0.25, 0.3) is 0 Å². The number of allylic oxidation sites excluding steroid dienone is 1.